The highest BCUT2D eigenvalue weighted by molar-refractivity contribution is 7.07. The summed E-state index contributed by atoms with van der Waals surface area (Å²) in [5.74, 6) is 1.08. The Kier molecular flexibility index (Phi) is 8.92. The number of carbonyl (C=O) groups is 1. The number of aromatic nitrogens is 1. The average Bonchev–Trinajstić information content (AvgIpc) is 3.73. The van der Waals surface area contributed by atoms with Crippen molar-refractivity contribution in [1.82, 2.24) is 14.4 Å². The number of aryl methyl sites for hydroxylation is 1. The van der Waals surface area contributed by atoms with E-state index < -0.39 is 0 Å². The molecule has 0 spiro atoms. The summed E-state index contributed by atoms with van der Waals surface area (Å²) in [6, 6.07) is 19.3. The second-order valence-corrected chi connectivity index (χ2v) is 11.4. The third-order valence-electron chi connectivity index (χ3n) is 7.93. The van der Waals surface area contributed by atoms with E-state index in [4.69, 9.17) is 0 Å². The van der Waals surface area contributed by atoms with E-state index in [0.29, 0.717) is 11.8 Å². The molecule has 0 saturated carbocycles. The Bertz CT molecular complexity index is 1280. The van der Waals surface area contributed by atoms with Gasteiger partial charge >= 0.3 is 0 Å². The van der Waals surface area contributed by atoms with Crippen LogP contribution in [0.2, 0.25) is 0 Å². The second-order valence-electron chi connectivity index (χ2n) is 10.6. The minimum Gasteiger partial charge on any atom is -0.347 e. The standard InChI is InChI=1S/C28H34FN3O.C4H4S/c1-2-14-31-18-13-24-4-3-5-26(27(24)31)28(33)32-17-10-21(20-32)19-30-15-11-23(12-16-30)22-6-8-25(29)9-7-22;1-2-4-5-3-1/h3-9,13,18,21,23H,2,10-12,14-17,19-20H2,1H3;1-4H/t21-;/m1./s1. The minimum absolute atomic E-state index is 0.161. The van der Waals surface area contributed by atoms with Crippen LogP contribution < -0.4 is 0 Å². The van der Waals surface area contributed by atoms with E-state index >= 15 is 0 Å². The Morgan fingerprint density at radius 3 is 2.39 bits per heavy atom. The number of nitrogens with zero attached hydrogens (tertiary/aromatic N) is 3. The van der Waals surface area contributed by atoms with Crippen LogP contribution in [0.1, 0.15) is 54.4 Å². The molecule has 2 fully saturated rings. The largest absolute Gasteiger partial charge is 0.347 e. The van der Waals surface area contributed by atoms with Crippen LogP contribution in [0.4, 0.5) is 4.39 Å². The Labute approximate surface area is 229 Å². The molecule has 2 aromatic heterocycles. The van der Waals surface area contributed by atoms with E-state index in [1.165, 1.54) is 5.56 Å². The highest BCUT2D eigenvalue weighted by atomic mass is 32.1. The number of rotatable bonds is 6. The molecular weight excluding hydrogens is 493 g/mol. The van der Waals surface area contributed by atoms with Gasteiger partial charge in [0.25, 0.3) is 5.91 Å². The number of thiophene rings is 1. The molecule has 6 rings (SSSR count). The lowest BCUT2D eigenvalue weighted by Gasteiger charge is -2.33. The molecule has 200 valence electrons. The van der Waals surface area contributed by atoms with Gasteiger partial charge in [-0.15, -0.1) is 0 Å². The Morgan fingerprint density at radius 1 is 0.947 bits per heavy atom. The van der Waals surface area contributed by atoms with Crippen LogP contribution >= 0.6 is 11.3 Å². The van der Waals surface area contributed by atoms with Crippen molar-refractivity contribution in [2.45, 2.75) is 45.1 Å². The fraction of sp³-hybridized carbons (Fsp3) is 0.406. The molecule has 0 radical (unpaired) electrons. The molecular formula is C32H38FN3OS. The average molecular weight is 532 g/mol. The predicted octanol–water partition coefficient (Wildman–Crippen LogP) is 7.28. The number of fused-ring (bicyclic) bond motifs is 1. The molecule has 4 nitrogen and oxygen atoms in total. The van der Waals surface area contributed by atoms with Crippen molar-refractivity contribution < 1.29 is 9.18 Å². The lowest BCUT2D eigenvalue weighted by Crippen LogP contribution is -2.37. The van der Waals surface area contributed by atoms with Crippen LogP contribution in [0.15, 0.2) is 77.6 Å². The van der Waals surface area contributed by atoms with Gasteiger partial charge < -0.3 is 14.4 Å². The molecule has 4 heterocycles. The highest BCUT2D eigenvalue weighted by Crippen LogP contribution is 2.30. The van der Waals surface area contributed by atoms with Gasteiger partial charge in [-0.2, -0.15) is 11.3 Å². The molecule has 0 aliphatic carbocycles. The summed E-state index contributed by atoms with van der Waals surface area (Å²) >= 11 is 1.71. The third-order valence-corrected chi connectivity index (χ3v) is 8.56. The summed E-state index contributed by atoms with van der Waals surface area (Å²) in [5.41, 5.74) is 3.18. The summed E-state index contributed by atoms with van der Waals surface area (Å²) in [5, 5.41) is 5.23. The van der Waals surface area contributed by atoms with Gasteiger partial charge in [-0.1, -0.05) is 43.3 Å². The fourth-order valence-electron chi connectivity index (χ4n) is 5.97. The number of carbonyl (C=O) groups excluding carboxylic acids is 1. The van der Waals surface area contributed by atoms with Crippen molar-refractivity contribution in [3.63, 3.8) is 0 Å². The van der Waals surface area contributed by atoms with Crippen molar-refractivity contribution in [1.29, 1.82) is 0 Å². The highest BCUT2D eigenvalue weighted by Gasteiger charge is 2.30. The minimum atomic E-state index is -0.161. The van der Waals surface area contributed by atoms with Gasteiger partial charge in [0.1, 0.15) is 5.82 Å². The molecule has 1 atom stereocenters. The van der Waals surface area contributed by atoms with Crippen LogP contribution in [0.3, 0.4) is 0 Å². The zero-order valence-electron chi connectivity index (χ0n) is 22.3. The van der Waals surface area contributed by atoms with E-state index in [1.54, 1.807) is 23.5 Å². The zero-order chi connectivity index (χ0) is 26.3. The van der Waals surface area contributed by atoms with E-state index in [9.17, 15) is 9.18 Å². The first-order valence-corrected chi connectivity index (χ1v) is 14.9. The predicted molar refractivity (Wildman–Crippen MR) is 155 cm³/mol. The van der Waals surface area contributed by atoms with Crippen LogP contribution in [-0.4, -0.2) is 53.0 Å². The van der Waals surface area contributed by atoms with E-state index in [1.807, 2.05) is 47.2 Å². The zero-order valence-corrected chi connectivity index (χ0v) is 23.1. The molecule has 4 aromatic rings. The Balaban J connectivity index is 0.000000529. The molecule has 38 heavy (non-hydrogen) atoms. The molecule has 0 unspecified atom stereocenters. The fourth-order valence-corrected chi connectivity index (χ4v) is 6.43. The first-order chi connectivity index (χ1) is 18.6. The number of benzene rings is 2. The molecule has 2 aliphatic heterocycles. The van der Waals surface area contributed by atoms with Crippen molar-refractivity contribution in [3.8, 4) is 0 Å². The van der Waals surface area contributed by atoms with Crippen LogP contribution in [-0.2, 0) is 6.54 Å². The van der Waals surface area contributed by atoms with Crippen LogP contribution in [0.25, 0.3) is 10.9 Å². The number of likely N-dealkylation sites (tertiary alicyclic amines) is 2. The number of hydrogen-bond donors (Lipinski definition) is 0. The summed E-state index contributed by atoms with van der Waals surface area (Å²) in [4.78, 5) is 18.1. The topological polar surface area (TPSA) is 28.5 Å². The first kappa shape index (κ1) is 26.6. The maximum atomic E-state index is 13.4. The van der Waals surface area contributed by atoms with E-state index in [2.05, 4.69) is 39.6 Å². The van der Waals surface area contributed by atoms with Gasteiger partial charge in [0.2, 0.25) is 0 Å². The second kappa shape index (κ2) is 12.7. The monoisotopic (exact) mass is 531 g/mol. The number of hydrogen-bond acceptors (Lipinski definition) is 3. The van der Waals surface area contributed by atoms with Crippen molar-refractivity contribution in [3.05, 3.63) is 94.6 Å². The maximum Gasteiger partial charge on any atom is 0.256 e. The molecule has 2 aromatic carbocycles. The normalized spacial score (nSPS) is 18.5. The van der Waals surface area contributed by atoms with Crippen molar-refractivity contribution >= 4 is 28.1 Å². The SMILES string of the molecule is CCCn1ccc2cccc(C(=O)N3CC[C@H](CN4CCC(c5ccc(F)cc5)CC4)C3)c21.c1ccsc1. The first-order valence-electron chi connectivity index (χ1n) is 13.9. The number of para-hydroxylation sites is 1. The van der Waals surface area contributed by atoms with E-state index in [-0.39, 0.29) is 11.7 Å². The van der Waals surface area contributed by atoms with Crippen LogP contribution in [0.5, 0.6) is 0 Å². The van der Waals surface area contributed by atoms with Gasteiger partial charge in [0.05, 0.1) is 11.1 Å². The maximum absolute atomic E-state index is 13.4. The van der Waals surface area contributed by atoms with Crippen LogP contribution in [0, 0.1) is 11.7 Å². The summed E-state index contributed by atoms with van der Waals surface area (Å²) in [7, 11) is 0. The van der Waals surface area contributed by atoms with Crippen molar-refractivity contribution in [2.75, 3.05) is 32.7 Å². The number of amides is 1. The van der Waals surface area contributed by atoms with Gasteiger partial charge in [-0.3, -0.25) is 4.79 Å². The number of halogens is 1. The van der Waals surface area contributed by atoms with Gasteiger partial charge in [0.15, 0.2) is 0 Å². The van der Waals surface area contributed by atoms with Gasteiger partial charge in [-0.05, 0) is 91.2 Å². The van der Waals surface area contributed by atoms with Gasteiger partial charge in [-0.25, -0.2) is 4.39 Å². The number of piperidine rings is 1. The molecule has 2 aliphatic rings. The third kappa shape index (κ3) is 6.36. The summed E-state index contributed by atoms with van der Waals surface area (Å²) in [6.07, 6.45) is 6.48. The smallest absolute Gasteiger partial charge is 0.256 e. The lowest BCUT2D eigenvalue weighted by molar-refractivity contribution is 0.0783. The summed E-state index contributed by atoms with van der Waals surface area (Å²) in [6.45, 7) is 8.03. The molecule has 0 N–H and O–H groups in total. The van der Waals surface area contributed by atoms with Crippen molar-refractivity contribution in [2.24, 2.45) is 5.92 Å². The Morgan fingerprint density at radius 2 is 1.71 bits per heavy atom. The Hall–Kier alpha value is -2.96. The molecule has 2 saturated heterocycles. The quantitative estimate of drug-likeness (QED) is 0.262. The summed E-state index contributed by atoms with van der Waals surface area (Å²) < 4.78 is 15.4. The molecule has 6 heteroatoms. The van der Waals surface area contributed by atoms with E-state index in [0.717, 1.165) is 81.4 Å². The molecule has 0 bridgehead atoms. The lowest BCUT2D eigenvalue weighted by atomic mass is 9.89. The van der Waals surface area contributed by atoms with Gasteiger partial charge in [0, 0.05) is 37.8 Å². The molecule has 1 amide bonds.